The van der Waals surface area contributed by atoms with Gasteiger partial charge in [-0.1, -0.05) is 36.4 Å². The molecule has 2 aliphatic rings. The first-order valence-corrected chi connectivity index (χ1v) is 10.1. The van der Waals surface area contributed by atoms with Crippen molar-refractivity contribution in [1.82, 2.24) is 4.98 Å². The molecule has 1 N–H and O–H groups in total. The normalized spacial score (nSPS) is 18.9. The lowest BCUT2D eigenvalue weighted by molar-refractivity contribution is -0.122. The van der Waals surface area contributed by atoms with E-state index < -0.39 is 0 Å². The van der Waals surface area contributed by atoms with E-state index in [2.05, 4.69) is 10.3 Å². The Bertz CT molecular complexity index is 1030. The molecule has 5 rings (SSSR count). The maximum atomic E-state index is 12.7. The van der Waals surface area contributed by atoms with Gasteiger partial charge < -0.3 is 10.2 Å². The Labute approximate surface area is 161 Å². The fourth-order valence-electron chi connectivity index (χ4n) is 4.01. The SMILES string of the molecule is O=C(Nc1nc2c(s1)CCC2)[C@H]1CC(=O)N(c2cccc3ccccc23)C1. The highest BCUT2D eigenvalue weighted by atomic mass is 32.1. The average Bonchev–Trinajstić information content (AvgIpc) is 3.36. The molecule has 0 unspecified atom stereocenters. The molecule has 136 valence electrons. The van der Waals surface area contributed by atoms with Crippen molar-refractivity contribution < 1.29 is 9.59 Å². The summed E-state index contributed by atoms with van der Waals surface area (Å²) >= 11 is 1.57. The van der Waals surface area contributed by atoms with E-state index in [1.165, 1.54) is 4.88 Å². The van der Waals surface area contributed by atoms with Crippen molar-refractivity contribution in [3.05, 3.63) is 53.0 Å². The number of aromatic nitrogens is 1. The summed E-state index contributed by atoms with van der Waals surface area (Å²) in [4.78, 5) is 32.9. The lowest BCUT2D eigenvalue weighted by atomic mass is 10.1. The summed E-state index contributed by atoms with van der Waals surface area (Å²) in [5.41, 5.74) is 2.00. The van der Waals surface area contributed by atoms with Crippen LogP contribution >= 0.6 is 11.3 Å². The lowest BCUT2D eigenvalue weighted by Crippen LogP contribution is -2.28. The van der Waals surface area contributed by atoms with Crippen LogP contribution in [0.2, 0.25) is 0 Å². The fourth-order valence-corrected chi connectivity index (χ4v) is 5.06. The van der Waals surface area contributed by atoms with Crippen molar-refractivity contribution in [2.24, 2.45) is 5.92 Å². The number of anilines is 2. The highest BCUT2D eigenvalue weighted by molar-refractivity contribution is 7.15. The Hall–Kier alpha value is -2.73. The summed E-state index contributed by atoms with van der Waals surface area (Å²) in [6.07, 6.45) is 3.44. The van der Waals surface area contributed by atoms with Crippen LogP contribution in [0.4, 0.5) is 10.8 Å². The highest BCUT2D eigenvalue weighted by Gasteiger charge is 2.36. The fraction of sp³-hybridized carbons (Fsp3) is 0.286. The Morgan fingerprint density at radius 2 is 2.00 bits per heavy atom. The molecule has 2 aromatic carbocycles. The standard InChI is InChI=1S/C21H19N3O2S/c25-19-11-14(20(26)23-21-22-16-8-4-10-18(16)27-21)12-24(19)17-9-3-6-13-5-1-2-7-15(13)17/h1-3,5-7,9,14H,4,8,10-12H2,(H,22,23,26)/t14-/m0/s1. The van der Waals surface area contributed by atoms with Crippen molar-refractivity contribution in [3.63, 3.8) is 0 Å². The third-order valence-corrected chi connectivity index (χ3v) is 6.45. The van der Waals surface area contributed by atoms with Gasteiger partial charge in [0.05, 0.1) is 17.3 Å². The van der Waals surface area contributed by atoms with Crippen LogP contribution in [0, 0.1) is 5.92 Å². The van der Waals surface area contributed by atoms with Crippen molar-refractivity contribution in [1.29, 1.82) is 0 Å². The molecular formula is C21H19N3O2S. The zero-order valence-corrected chi connectivity index (χ0v) is 15.6. The molecule has 1 atom stereocenters. The van der Waals surface area contributed by atoms with Gasteiger partial charge in [-0.05, 0) is 30.7 Å². The molecule has 1 saturated heterocycles. The van der Waals surface area contributed by atoms with E-state index >= 15 is 0 Å². The molecule has 0 radical (unpaired) electrons. The van der Waals surface area contributed by atoms with Crippen molar-refractivity contribution in [2.45, 2.75) is 25.7 Å². The summed E-state index contributed by atoms with van der Waals surface area (Å²) in [6, 6.07) is 13.9. The van der Waals surface area contributed by atoms with E-state index in [-0.39, 0.29) is 24.2 Å². The first-order chi connectivity index (χ1) is 13.2. The zero-order valence-electron chi connectivity index (χ0n) is 14.8. The molecule has 0 saturated carbocycles. The quantitative estimate of drug-likeness (QED) is 0.756. The number of rotatable bonds is 3. The molecule has 1 aliphatic carbocycles. The van der Waals surface area contributed by atoms with Crippen molar-refractivity contribution in [3.8, 4) is 0 Å². The Morgan fingerprint density at radius 3 is 2.89 bits per heavy atom. The third kappa shape index (κ3) is 2.90. The second-order valence-electron chi connectivity index (χ2n) is 7.14. The van der Waals surface area contributed by atoms with E-state index in [1.807, 2.05) is 42.5 Å². The van der Waals surface area contributed by atoms with Crippen LogP contribution in [0.3, 0.4) is 0 Å². The van der Waals surface area contributed by atoms with E-state index in [1.54, 1.807) is 16.2 Å². The summed E-state index contributed by atoms with van der Waals surface area (Å²) in [5, 5.41) is 5.72. The number of carbonyl (C=O) groups excluding carboxylic acids is 2. The topological polar surface area (TPSA) is 62.3 Å². The van der Waals surface area contributed by atoms with Gasteiger partial charge in [0.2, 0.25) is 11.8 Å². The second kappa shape index (κ2) is 6.46. The van der Waals surface area contributed by atoms with Gasteiger partial charge in [-0.2, -0.15) is 0 Å². The van der Waals surface area contributed by atoms with Gasteiger partial charge in [0.15, 0.2) is 5.13 Å². The van der Waals surface area contributed by atoms with Gasteiger partial charge in [-0.3, -0.25) is 9.59 Å². The van der Waals surface area contributed by atoms with Crippen LogP contribution in [-0.2, 0) is 22.4 Å². The first kappa shape index (κ1) is 16.4. The molecule has 1 fully saturated rings. The smallest absolute Gasteiger partial charge is 0.231 e. The maximum absolute atomic E-state index is 12.7. The highest BCUT2D eigenvalue weighted by Crippen LogP contribution is 2.33. The van der Waals surface area contributed by atoms with E-state index in [9.17, 15) is 9.59 Å². The van der Waals surface area contributed by atoms with Gasteiger partial charge in [0.25, 0.3) is 0 Å². The first-order valence-electron chi connectivity index (χ1n) is 9.26. The zero-order chi connectivity index (χ0) is 18.4. The van der Waals surface area contributed by atoms with E-state index in [0.29, 0.717) is 11.7 Å². The Kier molecular flexibility index (Phi) is 3.93. The molecule has 2 heterocycles. The predicted molar refractivity (Wildman–Crippen MR) is 107 cm³/mol. The van der Waals surface area contributed by atoms with Crippen LogP contribution < -0.4 is 10.2 Å². The monoisotopic (exact) mass is 377 g/mol. The van der Waals surface area contributed by atoms with Gasteiger partial charge in [0.1, 0.15) is 0 Å². The van der Waals surface area contributed by atoms with Crippen molar-refractivity contribution >= 4 is 44.7 Å². The Morgan fingerprint density at radius 1 is 1.15 bits per heavy atom. The minimum absolute atomic E-state index is 0.00636. The lowest BCUT2D eigenvalue weighted by Gasteiger charge is -2.18. The summed E-state index contributed by atoms with van der Waals surface area (Å²) in [7, 11) is 0. The van der Waals surface area contributed by atoms with Gasteiger partial charge in [-0.25, -0.2) is 4.98 Å². The minimum atomic E-state index is -0.352. The van der Waals surface area contributed by atoms with E-state index in [4.69, 9.17) is 0 Å². The van der Waals surface area contributed by atoms with Crippen LogP contribution in [0.15, 0.2) is 42.5 Å². The van der Waals surface area contributed by atoms with E-state index in [0.717, 1.165) is 41.4 Å². The summed E-state index contributed by atoms with van der Waals surface area (Å²) in [6.45, 7) is 0.407. The molecule has 27 heavy (non-hydrogen) atoms. The molecular weight excluding hydrogens is 358 g/mol. The molecule has 0 spiro atoms. The third-order valence-electron chi connectivity index (χ3n) is 5.38. The number of hydrogen-bond donors (Lipinski definition) is 1. The summed E-state index contributed by atoms with van der Waals surface area (Å²) in [5.74, 6) is -0.471. The summed E-state index contributed by atoms with van der Waals surface area (Å²) < 4.78 is 0. The number of aryl methyl sites for hydroxylation is 2. The minimum Gasteiger partial charge on any atom is -0.311 e. The molecule has 5 nitrogen and oxygen atoms in total. The molecule has 6 heteroatoms. The number of amides is 2. The number of hydrogen-bond acceptors (Lipinski definition) is 4. The Balaban J connectivity index is 1.35. The number of benzene rings is 2. The van der Waals surface area contributed by atoms with Gasteiger partial charge >= 0.3 is 0 Å². The number of carbonyl (C=O) groups is 2. The second-order valence-corrected chi connectivity index (χ2v) is 8.22. The van der Waals surface area contributed by atoms with Gasteiger partial charge in [-0.15, -0.1) is 11.3 Å². The van der Waals surface area contributed by atoms with Crippen LogP contribution in [0.25, 0.3) is 10.8 Å². The average molecular weight is 377 g/mol. The van der Waals surface area contributed by atoms with Crippen LogP contribution in [-0.4, -0.2) is 23.3 Å². The van der Waals surface area contributed by atoms with Crippen molar-refractivity contribution in [2.75, 3.05) is 16.8 Å². The number of thiazole rings is 1. The van der Waals surface area contributed by atoms with Gasteiger partial charge in [0, 0.05) is 23.2 Å². The molecule has 3 aromatic rings. The predicted octanol–water partition coefficient (Wildman–Crippen LogP) is 3.78. The van der Waals surface area contributed by atoms with Crippen LogP contribution in [0.1, 0.15) is 23.4 Å². The van der Waals surface area contributed by atoms with Crippen LogP contribution in [0.5, 0.6) is 0 Å². The number of nitrogens with zero attached hydrogens (tertiary/aromatic N) is 2. The number of fused-ring (bicyclic) bond motifs is 2. The molecule has 0 bridgehead atoms. The molecule has 1 aromatic heterocycles. The molecule has 2 amide bonds. The number of nitrogens with one attached hydrogen (secondary N) is 1. The molecule has 1 aliphatic heterocycles. The largest absolute Gasteiger partial charge is 0.311 e. The maximum Gasteiger partial charge on any atom is 0.231 e.